The normalized spacial score (nSPS) is 17.5. The smallest absolute Gasteiger partial charge is 0.242 e. The lowest BCUT2D eigenvalue weighted by Gasteiger charge is -2.16. The van der Waals surface area contributed by atoms with Crippen molar-refractivity contribution >= 4 is 15.7 Å². The predicted octanol–water partition coefficient (Wildman–Crippen LogP) is 2.54. The van der Waals surface area contributed by atoms with Crippen molar-refractivity contribution in [1.29, 1.82) is 0 Å². The Bertz CT molecular complexity index is 519. The van der Waals surface area contributed by atoms with Crippen LogP contribution in [0.3, 0.4) is 0 Å². The molecule has 2 rings (SSSR count). The van der Waals surface area contributed by atoms with Gasteiger partial charge in [-0.2, -0.15) is 0 Å². The molecule has 0 heterocycles. The second-order valence-corrected chi connectivity index (χ2v) is 7.69. The fraction of sp³-hybridized carbons (Fsp3) is 0.571. The van der Waals surface area contributed by atoms with Crippen molar-refractivity contribution in [2.75, 3.05) is 19.4 Å². The van der Waals surface area contributed by atoms with Gasteiger partial charge in [0.25, 0.3) is 0 Å². The molecule has 1 fully saturated rings. The van der Waals surface area contributed by atoms with Gasteiger partial charge in [-0.1, -0.05) is 12.8 Å². The quantitative estimate of drug-likeness (QED) is 0.872. The maximum atomic E-state index is 11.9. The molecule has 1 aliphatic carbocycles. The second-order valence-electron chi connectivity index (χ2n) is 5.54. The molecule has 1 atom stereocenters. The number of nitrogens with zero attached hydrogens (tertiary/aromatic N) is 1. The zero-order valence-electron chi connectivity index (χ0n) is 11.8. The maximum absolute atomic E-state index is 11.9. The third-order valence-electron chi connectivity index (χ3n) is 3.43. The molecule has 1 N–H and O–H groups in total. The Balaban J connectivity index is 2.01. The highest BCUT2D eigenvalue weighted by molar-refractivity contribution is 7.89. The molecule has 0 aliphatic heterocycles. The molecular formula is C14H22N2O2S. The van der Waals surface area contributed by atoms with Crippen molar-refractivity contribution in [3.8, 4) is 0 Å². The number of rotatable bonds is 6. The molecule has 4 nitrogen and oxygen atoms in total. The average molecular weight is 282 g/mol. The molecular weight excluding hydrogens is 260 g/mol. The molecule has 0 amide bonds. The average Bonchev–Trinajstić information content (AvgIpc) is 3.13. The lowest BCUT2D eigenvalue weighted by Crippen LogP contribution is -2.22. The molecule has 106 valence electrons. The van der Waals surface area contributed by atoms with E-state index in [0.717, 1.165) is 11.6 Å². The van der Waals surface area contributed by atoms with Crippen molar-refractivity contribution in [2.24, 2.45) is 5.92 Å². The van der Waals surface area contributed by atoms with Crippen molar-refractivity contribution in [1.82, 2.24) is 4.31 Å². The molecule has 1 saturated carbocycles. The van der Waals surface area contributed by atoms with Gasteiger partial charge in [0.05, 0.1) is 4.90 Å². The summed E-state index contributed by atoms with van der Waals surface area (Å²) in [6.45, 7) is 2.17. The SMILES string of the molecule is CC(CC1CC1)Nc1ccc(S(=O)(=O)N(C)C)cc1. The highest BCUT2D eigenvalue weighted by Gasteiger charge is 2.23. The van der Waals surface area contributed by atoms with E-state index in [9.17, 15) is 8.42 Å². The van der Waals surface area contributed by atoms with E-state index < -0.39 is 10.0 Å². The molecule has 1 unspecified atom stereocenters. The van der Waals surface area contributed by atoms with Gasteiger partial charge in [-0.15, -0.1) is 0 Å². The number of sulfonamides is 1. The van der Waals surface area contributed by atoms with Crippen LogP contribution in [0.2, 0.25) is 0 Å². The predicted molar refractivity (Wildman–Crippen MR) is 77.7 cm³/mol. The summed E-state index contributed by atoms with van der Waals surface area (Å²) in [5, 5.41) is 3.41. The van der Waals surface area contributed by atoms with Crippen LogP contribution in [0.25, 0.3) is 0 Å². The fourth-order valence-corrected chi connectivity index (χ4v) is 3.03. The topological polar surface area (TPSA) is 49.4 Å². The van der Waals surface area contributed by atoms with Crippen LogP contribution in [0, 0.1) is 5.92 Å². The minimum atomic E-state index is -3.33. The van der Waals surface area contributed by atoms with Gasteiger partial charge in [-0.3, -0.25) is 0 Å². The van der Waals surface area contributed by atoms with Crippen molar-refractivity contribution in [3.63, 3.8) is 0 Å². The number of anilines is 1. The Labute approximate surface area is 115 Å². The Morgan fingerprint density at radius 2 is 1.84 bits per heavy atom. The largest absolute Gasteiger partial charge is 0.383 e. The number of hydrogen-bond acceptors (Lipinski definition) is 3. The minimum Gasteiger partial charge on any atom is -0.383 e. The zero-order valence-corrected chi connectivity index (χ0v) is 12.6. The van der Waals surface area contributed by atoms with E-state index in [4.69, 9.17) is 0 Å². The van der Waals surface area contributed by atoms with Gasteiger partial charge in [0.15, 0.2) is 0 Å². The summed E-state index contributed by atoms with van der Waals surface area (Å²) in [5.41, 5.74) is 0.978. The first-order valence-corrected chi connectivity index (χ1v) is 8.12. The monoisotopic (exact) mass is 282 g/mol. The Kier molecular flexibility index (Phi) is 4.16. The van der Waals surface area contributed by atoms with E-state index in [-0.39, 0.29) is 0 Å². The number of hydrogen-bond donors (Lipinski definition) is 1. The standard InChI is InChI=1S/C14H22N2O2S/c1-11(10-12-4-5-12)15-13-6-8-14(9-7-13)19(17,18)16(2)3/h6-9,11-12,15H,4-5,10H2,1-3H3. The summed E-state index contributed by atoms with van der Waals surface area (Å²) in [5.74, 6) is 0.885. The molecule has 0 aromatic heterocycles. The van der Waals surface area contributed by atoms with Gasteiger partial charge < -0.3 is 5.32 Å². The van der Waals surface area contributed by atoms with Gasteiger partial charge >= 0.3 is 0 Å². The molecule has 1 aliphatic rings. The molecule has 1 aromatic carbocycles. The minimum absolute atomic E-state index is 0.331. The first-order chi connectivity index (χ1) is 8.89. The summed E-state index contributed by atoms with van der Waals surface area (Å²) < 4.78 is 25.1. The summed E-state index contributed by atoms with van der Waals surface area (Å²) in [6.07, 6.45) is 3.90. The first kappa shape index (κ1) is 14.3. The van der Waals surface area contributed by atoms with E-state index in [2.05, 4.69) is 12.2 Å². The Morgan fingerprint density at radius 3 is 2.32 bits per heavy atom. The van der Waals surface area contributed by atoms with Gasteiger partial charge in [0.1, 0.15) is 0 Å². The van der Waals surface area contributed by atoms with E-state index in [1.807, 2.05) is 12.1 Å². The van der Waals surface area contributed by atoms with Crippen molar-refractivity contribution < 1.29 is 8.42 Å². The summed E-state index contributed by atoms with van der Waals surface area (Å²) >= 11 is 0. The molecule has 5 heteroatoms. The van der Waals surface area contributed by atoms with Crippen molar-refractivity contribution in [3.05, 3.63) is 24.3 Å². The first-order valence-electron chi connectivity index (χ1n) is 6.68. The van der Waals surface area contributed by atoms with Crippen LogP contribution in [0.1, 0.15) is 26.2 Å². The summed E-state index contributed by atoms with van der Waals surface area (Å²) in [6, 6.07) is 7.41. The van der Waals surface area contributed by atoms with Crippen LogP contribution >= 0.6 is 0 Å². The van der Waals surface area contributed by atoms with Gasteiger partial charge in [0, 0.05) is 25.8 Å². The number of benzene rings is 1. The van der Waals surface area contributed by atoms with Crippen LogP contribution < -0.4 is 5.32 Å². The molecule has 0 spiro atoms. The zero-order chi connectivity index (χ0) is 14.0. The van der Waals surface area contributed by atoms with Crippen LogP contribution in [-0.4, -0.2) is 32.9 Å². The molecule has 0 radical (unpaired) electrons. The molecule has 19 heavy (non-hydrogen) atoms. The maximum Gasteiger partial charge on any atom is 0.242 e. The van der Waals surface area contributed by atoms with Crippen LogP contribution in [0.15, 0.2) is 29.2 Å². The van der Waals surface area contributed by atoms with Crippen LogP contribution in [0.5, 0.6) is 0 Å². The van der Waals surface area contributed by atoms with E-state index in [1.54, 1.807) is 26.2 Å². The fourth-order valence-electron chi connectivity index (χ4n) is 2.13. The third kappa shape index (κ3) is 3.70. The van der Waals surface area contributed by atoms with E-state index in [0.29, 0.717) is 10.9 Å². The summed E-state index contributed by atoms with van der Waals surface area (Å²) in [4.78, 5) is 0.331. The highest BCUT2D eigenvalue weighted by atomic mass is 32.2. The molecule has 0 bridgehead atoms. The van der Waals surface area contributed by atoms with E-state index >= 15 is 0 Å². The second kappa shape index (κ2) is 5.51. The molecule has 0 saturated heterocycles. The van der Waals surface area contributed by atoms with Gasteiger partial charge in [-0.05, 0) is 43.5 Å². The lowest BCUT2D eigenvalue weighted by atomic mass is 10.1. The number of nitrogens with one attached hydrogen (secondary N) is 1. The third-order valence-corrected chi connectivity index (χ3v) is 5.26. The van der Waals surface area contributed by atoms with Crippen LogP contribution in [-0.2, 0) is 10.0 Å². The van der Waals surface area contributed by atoms with Crippen LogP contribution in [0.4, 0.5) is 5.69 Å². The van der Waals surface area contributed by atoms with Gasteiger partial charge in [0.2, 0.25) is 10.0 Å². The van der Waals surface area contributed by atoms with Gasteiger partial charge in [-0.25, -0.2) is 12.7 Å². The lowest BCUT2D eigenvalue weighted by molar-refractivity contribution is 0.521. The van der Waals surface area contributed by atoms with E-state index in [1.165, 1.54) is 23.6 Å². The van der Waals surface area contributed by atoms with Crippen molar-refractivity contribution in [2.45, 2.75) is 37.1 Å². The highest BCUT2D eigenvalue weighted by Crippen LogP contribution is 2.34. The Morgan fingerprint density at radius 1 is 1.26 bits per heavy atom. The summed E-state index contributed by atoms with van der Waals surface area (Å²) in [7, 11) is -0.244. The Hall–Kier alpha value is -1.07. The molecule has 1 aromatic rings.